The molecular weight excluding hydrogens is 192 g/mol. The molecule has 0 nitrogen and oxygen atoms in total. The Morgan fingerprint density at radius 3 is 2.31 bits per heavy atom. The smallest absolute Gasteiger partial charge is 0.0126 e. The van der Waals surface area contributed by atoms with Gasteiger partial charge in [0.25, 0.3) is 0 Å². The molecule has 0 amide bonds. The van der Waals surface area contributed by atoms with E-state index in [1.54, 1.807) is 0 Å². The number of rotatable bonds is 2. The maximum atomic E-state index is 2.26. The number of benzene rings is 1. The Morgan fingerprint density at radius 2 is 1.75 bits per heavy atom. The molecule has 0 spiro atoms. The molecule has 0 N–H and O–H groups in total. The van der Waals surface area contributed by atoms with Gasteiger partial charge in [-0.25, -0.2) is 0 Å². The molecule has 0 saturated heterocycles. The van der Waals surface area contributed by atoms with Crippen molar-refractivity contribution in [2.75, 3.05) is 0 Å². The highest BCUT2D eigenvalue weighted by atomic mass is 14.2. The fourth-order valence-electron chi connectivity index (χ4n) is 1.81. The Kier molecular flexibility index (Phi) is 4.12. The van der Waals surface area contributed by atoms with Crippen LogP contribution in [0.25, 0.3) is 5.57 Å². The van der Waals surface area contributed by atoms with Crippen LogP contribution in [-0.2, 0) is 5.41 Å². The summed E-state index contributed by atoms with van der Waals surface area (Å²) in [5, 5.41) is 0. The average molecular weight is 214 g/mol. The molecule has 0 bridgehead atoms. The van der Waals surface area contributed by atoms with E-state index < -0.39 is 0 Å². The van der Waals surface area contributed by atoms with Crippen LogP contribution in [0.2, 0.25) is 0 Å². The highest BCUT2D eigenvalue weighted by molar-refractivity contribution is 5.68. The van der Waals surface area contributed by atoms with Gasteiger partial charge in [0.1, 0.15) is 0 Å². The zero-order valence-electron chi connectivity index (χ0n) is 11.0. The Labute approximate surface area is 99.7 Å². The monoisotopic (exact) mass is 214 g/mol. The summed E-state index contributed by atoms with van der Waals surface area (Å²) in [7, 11) is 0. The predicted molar refractivity (Wildman–Crippen MR) is 73.6 cm³/mol. The van der Waals surface area contributed by atoms with Gasteiger partial charge < -0.3 is 0 Å². The molecule has 0 atom stereocenters. The van der Waals surface area contributed by atoms with Crippen LogP contribution in [0.5, 0.6) is 0 Å². The van der Waals surface area contributed by atoms with Crippen LogP contribution in [0.1, 0.15) is 45.7 Å². The molecule has 1 rings (SSSR count). The summed E-state index contributed by atoms with van der Waals surface area (Å²) in [6, 6.07) is 8.66. The molecule has 0 heteroatoms. The number of hydrogen-bond donors (Lipinski definition) is 0. The summed E-state index contributed by atoms with van der Waals surface area (Å²) in [6.45, 7) is 11.0. The normalized spacial score (nSPS) is 13.4. The van der Waals surface area contributed by atoms with Crippen molar-refractivity contribution < 1.29 is 0 Å². The van der Waals surface area contributed by atoms with Gasteiger partial charge in [0.05, 0.1) is 0 Å². The van der Waals surface area contributed by atoms with Crippen molar-refractivity contribution in [1.29, 1.82) is 0 Å². The summed E-state index contributed by atoms with van der Waals surface area (Å²) in [6.07, 6.45) is 6.32. The summed E-state index contributed by atoms with van der Waals surface area (Å²) in [5.41, 5.74) is 4.28. The van der Waals surface area contributed by atoms with E-state index in [-0.39, 0.29) is 5.41 Å². The van der Waals surface area contributed by atoms with Crippen molar-refractivity contribution in [3.63, 3.8) is 0 Å². The molecule has 0 saturated carbocycles. The molecule has 0 aliphatic carbocycles. The third-order valence-corrected chi connectivity index (χ3v) is 2.70. The zero-order valence-corrected chi connectivity index (χ0v) is 11.0. The third-order valence-electron chi connectivity index (χ3n) is 2.70. The van der Waals surface area contributed by atoms with Crippen LogP contribution < -0.4 is 0 Å². The van der Waals surface area contributed by atoms with E-state index in [0.29, 0.717) is 0 Å². The molecule has 0 fully saturated rings. The molecular formula is C16H22. The first-order valence-electron chi connectivity index (χ1n) is 5.86. The van der Waals surface area contributed by atoms with Gasteiger partial charge >= 0.3 is 0 Å². The maximum Gasteiger partial charge on any atom is -0.0126 e. The van der Waals surface area contributed by atoms with Gasteiger partial charge in [0.15, 0.2) is 0 Å². The quantitative estimate of drug-likeness (QED) is 0.610. The van der Waals surface area contributed by atoms with Gasteiger partial charge in [-0.1, -0.05) is 63.3 Å². The van der Waals surface area contributed by atoms with Crippen molar-refractivity contribution in [1.82, 2.24) is 0 Å². The Hall–Kier alpha value is -1.30. The number of allylic oxidation sites excluding steroid dienone is 4. The fourth-order valence-corrected chi connectivity index (χ4v) is 1.81. The molecule has 1 aromatic rings. The van der Waals surface area contributed by atoms with Crippen molar-refractivity contribution >= 4 is 5.57 Å². The molecule has 0 unspecified atom stereocenters. The van der Waals surface area contributed by atoms with E-state index in [1.165, 1.54) is 16.7 Å². The van der Waals surface area contributed by atoms with Gasteiger partial charge in [-0.15, -0.1) is 0 Å². The molecule has 0 radical (unpaired) electrons. The van der Waals surface area contributed by atoms with E-state index in [2.05, 4.69) is 70.2 Å². The van der Waals surface area contributed by atoms with E-state index in [0.717, 1.165) is 0 Å². The minimum absolute atomic E-state index is 0.196. The van der Waals surface area contributed by atoms with E-state index in [9.17, 15) is 0 Å². The fraction of sp³-hybridized carbons (Fsp3) is 0.375. The highest BCUT2D eigenvalue weighted by Gasteiger charge is 2.17. The lowest BCUT2D eigenvalue weighted by molar-refractivity contribution is 0.588. The SMILES string of the molecule is C/C=C\C=C(/C)c1ccccc1C(C)(C)C. The Morgan fingerprint density at radius 1 is 1.12 bits per heavy atom. The van der Waals surface area contributed by atoms with Crippen molar-refractivity contribution in [3.8, 4) is 0 Å². The second-order valence-corrected chi connectivity index (χ2v) is 5.17. The second kappa shape index (κ2) is 5.16. The van der Waals surface area contributed by atoms with Crippen LogP contribution in [-0.4, -0.2) is 0 Å². The summed E-state index contributed by atoms with van der Waals surface area (Å²) in [4.78, 5) is 0. The second-order valence-electron chi connectivity index (χ2n) is 5.17. The van der Waals surface area contributed by atoms with Gasteiger partial charge in [-0.2, -0.15) is 0 Å². The molecule has 86 valence electrons. The standard InChI is InChI=1S/C16H22/c1-6-7-10-13(2)14-11-8-9-12-15(14)16(3,4)5/h6-12H,1-5H3/b7-6-,13-10+. The van der Waals surface area contributed by atoms with Crippen molar-refractivity contribution in [3.05, 3.63) is 53.6 Å². The first-order valence-corrected chi connectivity index (χ1v) is 5.86. The van der Waals surface area contributed by atoms with Crippen LogP contribution in [0, 0.1) is 0 Å². The number of hydrogen-bond acceptors (Lipinski definition) is 0. The van der Waals surface area contributed by atoms with Gasteiger partial charge in [-0.05, 0) is 36.0 Å². The molecule has 0 aliphatic rings. The molecule has 0 aliphatic heterocycles. The first kappa shape index (κ1) is 12.8. The Bertz CT molecular complexity index is 400. The average Bonchev–Trinajstić information content (AvgIpc) is 2.24. The van der Waals surface area contributed by atoms with Crippen LogP contribution in [0.4, 0.5) is 0 Å². The lowest BCUT2D eigenvalue weighted by atomic mass is 9.82. The minimum Gasteiger partial charge on any atom is -0.0877 e. The van der Waals surface area contributed by atoms with Gasteiger partial charge in [0.2, 0.25) is 0 Å². The minimum atomic E-state index is 0.196. The van der Waals surface area contributed by atoms with Crippen LogP contribution in [0.15, 0.2) is 42.5 Å². The van der Waals surface area contributed by atoms with Gasteiger partial charge in [0, 0.05) is 0 Å². The van der Waals surface area contributed by atoms with E-state index in [4.69, 9.17) is 0 Å². The van der Waals surface area contributed by atoms with Crippen LogP contribution >= 0.6 is 0 Å². The molecule has 0 heterocycles. The zero-order chi connectivity index (χ0) is 12.2. The van der Waals surface area contributed by atoms with E-state index in [1.807, 2.05) is 6.92 Å². The third kappa shape index (κ3) is 3.10. The summed E-state index contributed by atoms with van der Waals surface area (Å²) >= 11 is 0. The summed E-state index contributed by atoms with van der Waals surface area (Å²) in [5.74, 6) is 0. The lowest BCUT2D eigenvalue weighted by Crippen LogP contribution is -2.13. The topological polar surface area (TPSA) is 0 Å². The molecule has 16 heavy (non-hydrogen) atoms. The van der Waals surface area contributed by atoms with Gasteiger partial charge in [-0.3, -0.25) is 0 Å². The molecule has 0 aromatic heterocycles. The van der Waals surface area contributed by atoms with Crippen molar-refractivity contribution in [2.45, 2.75) is 40.0 Å². The highest BCUT2D eigenvalue weighted by Crippen LogP contribution is 2.29. The first-order chi connectivity index (χ1) is 7.46. The Balaban J connectivity index is 3.24. The van der Waals surface area contributed by atoms with Crippen molar-refractivity contribution in [2.24, 2.45) is 0 Å². The summed E-state index contributed by atoms with van der Waals surface area (Å²) < 4.78 is 0. The predicted octanol–water partition coefficient (Wildman–Crippen LogP) is 4.96. The lowest BCUT2D eigenvalue weighted by Gasteiger charge is -2.23. The van der Waals surface area contributed by atoms with Crippen LogP contribution in [0.3, 0.4) is 0 Å². The molecule has 1 aromatic carbocycles. The maximum absolute atomic E-state index is 2.26. The largest absolute Gasteiger partial charge is 0.0877 e. The van der Waals surface area contributed by atoms with E-state index >= 15 is 0 Å².